The molecular weight excluding hydrogens is 516 g/mol. The lowest BCUT2D eigenvalue weighted by atomic mass is 10.2. The van der Waals surface area contributed by atoms with Crippen LogP contribution in [0.4, 0.5) is 16.2 Å². The minimum absolute atomic E-state index is 0.0302. The first-order valence-electron chi connectivity index (χ1n) is 9.88. The van der Waals surface area contributed by atoms with Crippen LogP contribution in [0.2, 0.25) is 5.02 Å². The van der Waals surface area contributed by atoms with Gasteiger partial charge in [0.2, 0.25) is 0 Å². The van der Waals surface area contributed by atoms with Gasteiger partial charge in [0, 0.05) is 16.7 Å². The van der Waals surface area contributed by atoms with Crippen molar-refractivity contribution < 1.29 is 27.1 Å². The summed E-state index contributed by atoms with van der Waals surface area (Å²) in [6.45, 7) is 1.50. The Morgan fingerprint density at radius 3 is 2.43 bits per heavy atom. The van der Waals surface area contributed by atoms with Gasteiger partial charge in [0.15, 0.2) is 0 Å². The van der Waals surface area contributed by atoms with Crippen molar-refractivity contribution in [3.8, 4) is 5.75 Å². The second-order valence-electron chi connectivity index (χ2n) is 7.31. The molecule has 4 rings (SSSR count). The summed E-state index contributed by atoms with van der Waals surface area (Å²) in [7, 11) is -4.32. The number of nitrogens with zero attached hydrogens (tertiary/aromatic N) is 2. The fraction of sp³-hybridized carbons (Fsp3) is 0.0435. The first kappa shape index (κ1) is 24.5. The zero-order chi connectivity index (χ0) is 25.3. The molecule has 0 saturated carbocycles. The normalized spacial score (nSPS) is 15.0. The van der Waals surface area contributed by atoms with Crippen LogP contribution in [0.1, 0.15) is 11.1 Å². The smallest absolute Gasteiger partial charge is 0.339 e. The Balaban J connectivity index is 1.52. The number of hydrogen-bond donors (Lipinski definition) is 0. The van der Waals surface area contributed by atoms with Crippen molar-refractivity contribution in [3.63, 3.8) is 0 Å². The number of nitro benzene ring substituents is 1. The van der Waals surface area contributed by atoms with Gasteiger partial charge in [0.05, 0.1) is 15.5 Å². The standard InChI is InChI=1S/C23H15ClN2O7S2/c1-14-5-10-19(13-20(14)26(29)30)35(31,32)33-18-8-6-15(7-9-18)11-21-22(27)25(23(28)34-21)17-4-2-3-16(24)12-17/h2-13H,1H3/b21-11+. The average molecular weight is 531 g/mol. The van der Waals surface area contributed by atoms with Gasteiger partial charge in [-0.3, -0.25) is 19.7 Å². The van der Waals surface area contributed by atoms with E-state index in [1.807, 2.05) is 0 Å². The highest BCUT2D eigenvalue weighted by Gasteiger charge is 2.36. The fourth-order valence-corrected chi connectivity index (χ4v) is 5.17. The maximum Gasteiger partial charge on any atom is 0.339 e. The van der Waals surface area contributed by atoms with E-state index >= 15 is 0 Å². The summed E-state index contributed by atoms with van der Waals surface area (Å²) in [4.78, 5) is 36.4. The van der Waals surface area contributed by atoms with Gasteiger partial charge in [-0.25, -0.2) is 4.90 Å². The number of benzene rings is 3. The van der Waals surface area contributed by atoms with Crippen molar-refractivity contribution in [1.29, 1.82) is 0 Å². The number of carbonyl (C=O) groups is 2. The lowest BCUT2D eigenvalue weighted by Gasteiger charge is -2.12. The molecule has 12 heteroatoms. The summed E-state index contributed by atoms with van der Waals surface area (Å²) in [5, 5.41) is 11.0. The molecule has 1 fully saturated rings. The van der Waals surface area contributed by atoms with Crippen LogP contribution in [0.25, 0.3) is 6.08 Å². The van der Waals surface area contributed by atoms with E-state index in [0.29, 0.717) is 21.8 Å². The molecular formula is C23H15ClN2O7S2. The number of hydrogen-bond acceptors (Lipinski definition) is 8. The van der Waals surface area contributed by atoms with Crippen molar-refractivity contribution in [2.75, 3.05) is 4.90 Å². The second kappa shape index (κ2) is 9.53. The zero-order valence-electron chi connectivity index (χ0n) is 17.9. The summed E-state index contributed by atoms with van der Waals surface area (Å²) in [6, 6.07) is 15.6. The summed E-state index contributed by atoms with van der Waals surface area (Å²) in [5.41, 5.74) is 0.862. The number of amides is 2. The third-order valence-electron chi connectivity index (χ3n) is 4.91. The van der Waals surface area contributed by atoms with Crippen molar-refractivity contribution in [3.05, 3.63) is 97.9 Å². The number of anilines is 1. The lowest BCUT2D eigenvalue weighted by molar-refractivity contribution is -0.385. The molecule has 0 aliphatic carbocycles. The highest BCUT2D eigenvalue weighted by molar-refractivity contribution is 8.19. The van der Waals surface area contributed by atoms with Crippen LogP contribution in [-0.4, -0.2) is 24.5 Å². The summed E-state index contributed by atoms with van der Waals surface area (Å²) < 4.78 is 30.2. The van der Waals surface area contributed by atoms with Gasteiger partial charge in [0.25, 0.3) is 16.8 Å². The molecule has 1 aliphatic heterocycles. The molecule has 1 heterocycles. The molecule has 35 heavy (non-hydrogen) atoms. The molecule has 0 spiro atoms. The average Bonchev–Trinajstić information content (AvgIpc) is 3.07. The quantitative estimate of drug-likeness (QED) is 0.175. The first-order chi connectivity index (χ1) is 16.5. The van der Waals surface area contributed by atoms with Gasteiger partial charge in [-0.05, 0) is 66.7 Å². The Morgan fingerprint density at radius 2 is 1.77 bits per heavy atom. The van der Waals surface area contributed by atoms with Crippen LogP contribution in [0, 0.1) is 17.0 Å². The number of rotatable bonds is 6. The van der Waals surface area contributed by atoms with E-state index in [4.69, 9.17) is 15.8 Å². The molecule has 9 nitrogen and oxygen atoms in total. The molecule has 178 valence electrons. The highest BCUT2D eigenvalue weighted by Crippen LogP contribution is 2.36. The summed E-state index contributed by atoms with van der Waals surface area (Å²) >= 11 is 6.72. The molecule has 0 bridgehead atoms. The third kappa shape index (κ3) is 5.21. The molecule has 1 saturated heterocycles. The molecule has 0 N–H and O–H groups in total. The van der Waals surface area contributed by atoms with Gasteiger partial charge in [-0.1, -0.05) is 35.9 Å². The number of imide groups is 1. The Hall–Kier alpha value is -3.67. The van der Waals surface area contributed by atoms with Crippen LogP contribution >= 0.6 is 23.4 Å². The predicted octanol–water partition coefficient (Wildman–Crippen LogP) is 5.57. The van der Waals surface area contributed by atoms with Gasteiger partial charge in [0.1, 0.15) is 10.6 Å². The largest absolute Gasteiger partial charge is 0.379 e. The minimum Gasteiger partial charge on any atom is -0.379 e. The summed E-state index contributed by atoms with van der Waals surface area (Å²) in [6.07, 6.45) is 1.50. The van der Waals surface area contributed by atoms with E-state index < -0.39 is 26.2 Å². The second-order valence-corrected chi connectivity index (χ2v) is 10.3. The molecule has 0 radical (unpaired) electrons. The van der Waals surface area contributed by atoms with Gasteiger partial charge in [-0.2, -0.15) is 8.42 Å². The molecule has 0 atom stereocenters. The third-order valence-corrected chi connectivity index (χ3v) is 7.26. The molecule has 0 aromatic heterocycles. The van der Waals surface area contributed by atoms with Crippen LogP contribution < -0.4 is 9.08 Å². The predicted molar refractivity (Wildman–Crippen MR) is 132 cm³/mol. The van der Waals surface area contributed by atoms with Gasteiger partial charge in [-0.15, -0.1) is 0 Å². The van der Waals surface area contributed by atoms with Gasteiger partial charge >= 0.3 is 10.1 Å². The van der Waals surface area contributed by atoms with Crippen LogP contribution in [-0.2, 0) is 14.9 Å². The van der Waals surface area contributed by atoms with E-state index in [9.17, 15) is 28.1 Å². The Bertz CT molecular complexity index is 1500. The number of carbonyl (C=O) groups excluding carboxylic acids is 2. The monoisotopic (exact) mass is 530 g/mol. The van der Waals surface area contributed by atoms with E-state index in [0.717, 1.165) is 22.7 Å². The molecule has 0 unspecified atom stereocenters. The molecule has 3 aromatic carbocycles. The van der Waals surface area contributed by atoms with Crippen molar-refractivity contribution in [2.24, 2.45) is 0 Å². The van der Waals surface area contributed by atoms with Crippen LogP contribution in [0.5, 0.6) is 5.75 Å². The van der Waals surface area contributed by atoms with Crippen LogP contribution in [0.3, 0.4) is 0 Å². The maximum absolute atomic E-state index is 12.8. The first-order valence-corrected chi connectivity index (χ1v) is 12.5. The number of aryl methyl sites for hydroxylation is 1. The van der Waals surface area contributed by atoms with E-state index in [-0.39, 0.29) is 21.2 Å². The van der Waals surface area contributed by atoms with Crippen LogP contribution in [0.15, 0.2) is 76.5 Å². The van der Waals surface area contributed by atoms with Crippen molar-refractivity contribution in [2.45, 2.75) is 11.8 Å². The zero-order valence-corrected chi connectivity index (χ0v) is 20.3. The van der Waals surface area contributed by atoms with E-state index in [1.54, 1.807) is 18.2 Å². The maximum atomic E-state index is 12.8. The summed E-state index contributed by atoms with van der Waals surface area (Å²) in [5.74, 6) is -0.538. The Morgan fingerprint density at radius 1 is 1.06 bits per heavy atom. The van der Waals surface area contributed by atoms with Crippen molar-refractivity contribution >= 4 is 62.1 Å². The fourth-order valence-electron chi connectivity index (χ4n) is 3.19. The topological polar surface area (TPSA) is 124 Å². The molecule has 1 aliphatic rings. The van der Waals surface area contributed by atoms with Gasteiger partial charge < -0.3 is 4.18 Å². The Kier molecular flexibility index (Phi) is 6.66. The lowest BCUT2D eigenvalue weighted by Crippen LogP contribution is -2.27. The SMILES string of the molecule is Cc1ccc(S(=O)(=O)Oc2ccc(/C=C3/SC(=O)N(c4cccc(Cl)c4)C3=O)cc2)cc1[N+](=O)[O-]. The van der Waals surface area contributed by atoms with E-state index in [2.05, 4.69) is 0 Å². The minimum atomic E-state index is -4.32. The number of halogens is 1. The number of nitro groups is 1. The molecule has 3 aromatic rings. The van der Waals surface area contributed by atoms with E-state index in [1.165, 1.54) is 55.5 Å². The highest BCUT2D eigenvalue weighted by atomic mass is 35.5. The van der Waals surface area contributed by atoms with Crippen molar-refractivity contribution in [1.82, 2.24) is 0 Å². The molecule has 2 amide bonds. The number of thioether (sulfide) groups is 1. The Labute approximate surface area is 209 Å².